The van der Waals surface area contributed by atoms with Crippen LogP contribution in [-0.2, 0) is 20.9 Å². The van der Waals surface area contributed by atoms with Gasteiger partial charge in [-0.15, -0.1) is 11.3 Å². The lowest BCUT2D eigenvalue weighted by atomic mass is 10.3. The van der Waals surface area contributed by atoms with Gasteiger partial charge in [0.15, 0.2) is 0 Å². The van der Waals surface area contributed by atoms with Gasteiger partial charge in [-0.25, -0.2) is 4.98 Å². The Labute approximate surface area is 92.3 Å². The number of aromatic nitrogens is 2. The normalized spacial score (nSPS) is 12.6. The Morgan fingerprint density at radius 1 is 1.43 bits per heavy atom. The third-order valence-corrected chi connectivity index (χ3v) is 4.43. The van der Waals surface area contributed by atoms with E-state index in [0.717, 1.165) is 14.8 Å². The predicted octanol–water partition coefficient (Wildman–Crippen LogP) is 2.12. The molecule has 0 saturated carbocycles. The molecule has 2 rings (SSSR count). The molecule has 0 aliphatic rings. The van der Waals surface area contributed by atoms with Gasteiger partial charge in [0.25, 0.3) is 0 Å². The lowest BCUT2D eigenvalue weighted by molar-refractivity contribution is 0.658. The highest BCUT2D eigenvalue weighted by atomic mass is 32.8. The lowest BCUT2D eigenvalue weighted by Crippen LogP contribution is -1.77. The van der Waals surface area contributed by atoms with Crippen LogP contribution in [0.5, 0.6) is 0 Å². The number of hydrogen-bond acceptors (Lipinski definition) is 4. The molecule has 0 radical (unpaired) electrons. The van der Waals surface area contributed by atoms with E-state index in [0.29, 0.717) is 0 Å². The summed E-state index contributed by atoms with van der Waals surface area (Å²) >= 11 is 6.15. The van der Waals surface area contributed by atoms with Crippen molar-refractivity contribution in [3.8, 4) is 10.6 Å². The largest absolute Gasteiger partial charge is 0.323 e. The lowest BCUT2D eigenvalue weighted by Gasteiger charge is -1.92. The molecule has 2 heterocycles. The summed E-state index contributed by atoms with van der Waals surface area (Å²) < 4.78 is 9.90. The average Bonchev–Trinajstić information content (AvgIpc) is 2.68. The monoisotopic (exact) mass is 242 g/mol. The minimum atomic E-state index is -1.11. The minimum Gasteiger partial charge on any atom is -0.323 e. The molecular weight excluding hydrogens is 236 g/mol. The van der Waals surface area contributed by atoms with Gasteiger partial charge >= 0.3 is 0 Å². The van der Waals surface area contributed by atoms with E-state index < -0.39 is 9.74 Å². The van der Waals surface area contributed by atoms with Crippen LogP contribution in [0.2, 0.25) is 0 Å². The van der Waals surface area contributed by atoms with Gasteiger partial charge in [-0.3, -0.25) is 4.98 Å². The molecule has 6 heteroatoms. The summed E-state index contributed by atoms with van der Waals surface area (Å²) in [5.74, 6) is 0. The first kappa shape index (κ1) is 9.85. The maximum absolute atomic E-state index is 9.18. The quantitative estimate of drug-likeness (QED) is 0.876. The van der Waals surface area contributed by atoms with E-state index in [1.807, 2.05) is 12.1 Å². The molecule has 0 saturated heterocycles. The molecule has 0 aliphatic heterocycles. The van der Waals surface area contributed by atoms with Crippen LogP contribution in [0.25, 0.3) is 10.6 Å². The molecular formula is C8H6N2OS3. The SMILES string of the molecule is OS(=S)c1cnc(-c2cccnc2)s1. The summed E-state index contributed by atoms with van der Waals surface area (Å²) in [6.07, 6.45) is 5.06. The Bertz CT molecular complexity index is 455. The third kappa shape index (κ3) is 2.03. The summed E-state index contributed by atoms with van der Waals surface area (Å²) in [6.45, 7) is 0. The number of pyridine rings is 1. The molecule has 3 nitrogen and oxygen atoms in total. The first-order valence-electron chi connectivity index (χ1n) is 3.74. The Balaban J connectivity index is 2.39. The zero-order valence-corrected chi connectivity index (χ0v) is 9.40. The molecule has 0 spiro atoms. The van der Waals surface area contributed by atoms with Crippen molar-refractivity contribution in [3.05, 3.63) is 30.7 Å². The molecule has 0 bridgehead atoms. The van der Waals surface area contributed by atoms with E-state index in [2.05, 4.69) is 9.97 Å². The molecule has 2 aromatic rings. The van der Waals surface area contributed by atoms with Gasteiger partial charge in [-0.1, -0.05) is 0 Å². The zero-order valence-electron chi connectivity index (χ0n) is 6.95. The van der Waals surface area contributed by atoms with Gasteiger partial charge in [-0.2, -0.15) is 0 Å². The Morgan fingerprint density at radius 2 is 2.29 bits per heavy atom. The highest BCUT2D eigenvalue weighted by Crippen LogP contribution is 2.25. The van der Waals surface area contributed by atoms with Crippen molar-refractivity contribution >= 4 is 32.3 Å². The van der Waals surface area contributed by atoms with Crippen LogP contribution in [0.3, 0.4) is 0 Å². The highest BCUT2D eigenvalue weighted by molar-refractivity contribution is 8.26. The molecule has 0 fully saturated rings. The summed E-state index contributed by atoms with van der Waals surface area (Å²) in [5.41, 5.74) is 0.948. The molecule has 0 aromatic carbocycles. The van der Waals surface area contributed by atoms with Crippen molar-refractivity contribution in [1.82, 2.24) is 9.97 Å². The van der Waals surface area contributed by atoms with Gasteiger partial charge in [0.1, 0.15) is 9.22 Å². The van der Waals surface area contributed by atoms with Gasteiger partial charge in [-0.05, 0) is 23.3 Å². The molecule has 72 valence electrons. The second kappa shape index (κ2) is 4.22. The number of thiazole rings is 1. The van der Waals surface area contributed by atoms with E-state index in [9.17, 15) is 4.55 Å². The van der Waals surface area contributed by atoms with E-state index in [1.54, 1.807) is 18.6 Å². The molecule has 0 amide bonds. The van der Waals surface area contributed by atoms with Gasteiger partial charge in [0.05, 0.1) is 6.20 Å². The Kier molecular flexibility index (Phi) is 2.97. The van der Waals surface area contributed by atoms with Crippen LogP contribution in [-0.4, -0.2) is 14.5 Å². The van der Waals surface area contributed by atoms with Crippen molar-refractivity contribution in [2.24, 2.45) is 0 Å². The van der Waals surface area contributed by atoms with E-state index in [-0.39, 0.29) is 0 Å². The van der Waals surface area contributed by atoms with Crippen LogP contribution in [0.1, 0.15) is 0 Å². The Morgan fingerprint density at radius 3 is 2.86 bits per heavy atom. The van der Waals surface area contributed by atoms with Crippen LogP contribution in [0.4, 0.5) is 0 Å². The maximum atomic E-state index is 9.18. The van der Waals surface area contributed by atoms with Gasteiger partial charge < -0.3 is 4.55 Å². The van der Waals surface area contributed by atoms with Crippen molar-refractivity contribution < 1.29 is 4.55 Å². The summed E-state index contributed by atoms with van der Waals surface area (Å²) in [7, 11) is -1.11. The minimum absolute atomic E-state index is 0.721. The van der Waals surface area contributed by atoms with Crippen LogP contribution >= 0.6 is 11.3 Å². The second-order valence-electron chi connectivity index (χ2n) is 2.48. The Hall–Kier alpha value is -0.690. The van der Waals surface area contributed by atoms with Gasteiger partial charge in [0, 0.05) is 27.7 Å². The first-order chi connectivity index (χ1) is 6.77. The first-order valence-corrected chi connectivity index (χ1v) is 6.67. The van der Waals surface area contributed by atoms with Crippen LogP contribution in [0, 0.1) is 0 Å². The van der Waals surface area contributed by atoms with E-state index in [4.69, 9.17) is 11.2 Å². The number of hydrogen-bond donors (Lipinski definition) is 1. The number of nitrogens with zero attached hydrogens (tertiary/aromatic N) is 2. The molecule has 0 aliphatic carbocycles. The van der Waals surface area contributed by atoms with E-state index in [1.165, 1.54) is 11.3 Å². The molecule has 1 atom stereocenters. The smallest absolute Gasteiger partial charge is 0.126 e. The topological polar surface area (TPSA) is 46.0 Å². The molecule has 1 unspecified atom stereocenters. The van der Waals surface area contributed by atoms with Gasteiger partial charge in [0.2, 0.25) is 0 Å². The highest BCUT2D eigenvalue weighted by Gasteiger charge is 2.05. The molecule has 1 N–H and O–H groups in total. The molecule has 14 heavy (non-hydrogen) atoms. The fraction of sp³-hybridized carbons (Fsp3) is 0. The maximum Gasteiger partial charge on any atom is 0.126 e. The van der Waals surface area contributed by atoms with Crippen molar-refractivity contribution in [2.75, 3.05) is 0 Å². The fourth-order valence-electron chi connectivity index (χ4n) is 0.963. The average molecular weight is 242 g/mol. The van der Waals surface area contributed by atoms with Crippen molar-refractivity contribution in [3.63, 3.8) is 0 Å². The predicted molar refractivity (Wildman–Crippen MR) is 61.0 cm³/mol. The standard InChI is InChI=1S/C8H6N2OS3/c11-14(12)7-5-10-8(13-7)6-2-1-3-9-4-6/h1-5H,(H,11,12). The van der Waals surface area contributed by atoms with Crippen LogP contribution in [0.15, 0.2) is 34.9 Å². The third-order valence-electron chi connectivity index (χ3n) is 1.57. The van der Waals surface area contributed by atoms with Crippen molar-refractivity contribution in [1.29, 1.82) is 0 Å². The van der Waals surface area contributed by atoms with E-state index >= 15 is 0 Å². The molecule has 2 aromatic heterocycles. The fourth-order valence-corrected chi connectivity index (χ4v) is 2.70. The zero-order chi connectivity index (χ0) is 9.97. The summed E-state index contributed by atoms with van der Waals surface area (Å²) in [6, 6.07) is 3.78. The summed E-state index contributed by atoms with van der Waals surface area (Å²) in [5, 5.41) is 0.838. The number of rotatable bonds is 2. The summed E-state index contributed by atoms with van der Waals surface area (Å²) in [4.78, 5) is 8.16. The second-order valence-corrected chi connectivity index (χ2v) is 5.65. The van der Waals surface area contributed by atoms with Crippen LogP contribution < -0.4 is 0 Å². The van der Waals surface area contributed by atoms with Crippen molar-refractivity contribution in [2.45, 2.75) is 4.21 Å².